The summed E-state index contributed by atoms with van der Waals surface area (Å²) in [6.07, 6.45) is 7.82. The van der Waals surface area contributed by atoms with Crippen LogP contribution in [-0.4, -0.2) is 20.2 Å². The number of fused-ring (bicyclic) bond motifs is 1. The van der Waals surface area contributed by atoms with E-state index in [1.54, 1.807) is 6.20 Å². The topological polar surface area (TPSA) is 74.4 Å². The van der Waals surface area contributed by atoms with Gasteiger partial charge < -0.3 is 4.98 Å². The highest BCUT2D eigenvalue weighted by Gasteiger charge is 2.20. The first kappa shape index (κ1) is 13.7. The van der Waals surface area contributed by atoms with E-state index < -0.39 is 0 Å². The van der Waals surface area contributed by atoms with E-state index in [9.17, 15) is 4.79 Å². The first-order valence-electron chi connectivity index (χ1n) is 7.76. The molecule has 1 saturated carbocycles. The van der Waals surface area contributed by atoms with Gasteiger partial charge >= 0.3 is 0 Å². The lowest BCUT2D eigenvalue weighted by molar-refractivity contribution is 0.429. The molecule has 3 heterocycles. The second-order valence-corrected chi connectivity index (χ2v) is 7.07. The van der Waals surface area contributed by atoms with Crippen molar-refractivity contribution in [3.05, 3.63) is 34.1 Å². The third-order valence-corrected chi connectivity index (χ3v) is 5.64. The van der Waals surface area contributed by atoms with E-state index >= 15 is 0 Å². The van der Waals surface area contributed by atoms with Crippen molar-refractivity contribution in [1.82, 2.24) is 20.2 Å². The molecule has 114 valence electrons. The third-order valence-electron chi connectivity index (χ3n) is 4.49. The number of thiophene rings is 1. The summed E-state index contributed by atoms with van der Waals surface area (Å²) in [6, 6.07) is 2.01. The minimum atomic E-state index is -0.0111. The van der Waals surface area contributed by atoms with Crippen LogP contribution in [0.25, 0.3) is 20.7 Å². The maximum atomic E-state index is 12.4. The van der Waals surface area contributed by atoms with Crippen LogP contribution in [0.5, 0.6) is 0 Å². The van der Waals surface area contributed by atoms with E-state index in [0.29, 0.717) is 10.6 Å². The molecular weight excluding hydrogens is 296 g/mol. The van der Waals surface area contributed by atoms with Crippen LogP contribution in [0.2, 0.25) is 0 Å². The number of hydrogen-bond acceptors (Lipinski definition) is 4. The first-order chi connectivity index (χ1) is 10.7. The predicted molar refractivity (Wildman–Crippen MR) is 88.4 cm³/mol. The molecule has 22 heavy (non-hydrogen) atoms. The highest BCUT2D eigenvalue weighted by molar-refractivity contribution is 7.22. The molecule has 0 aliphatic heterocycles. The lowest BCUT2D eigenvalue weighted by atomic mass is 9.89. The molecule has 1 aliphatic rings. The van der Waals surface area contributed by atoms with Crippen molar-refractivity contribution in [3.63, 3.8) is 0 Å². The average molecular weight is 314 g/mol. The Kier molecular flexibility index (Phi) is 3.33. The van der Waals surface area contributed by atoms with E-state index in [0.717, 1.165) is 40.3 Å². The molecule has 0 spiro atoms. The number of aromatic amines is 2. The summed E-state index contributed by atoms with van der Waals surface area (Å²) in [4.78, 5) is 21.2. The molecule has 0 amide bonds. The predicted octanol–water partition coefficient (Wildman–Crippen LogP) is 3.73. The van der Waals surface area contributed by atoms with Gasteiger partial charge in [-0.05, 0) is 25.8 Å². The molecule has 2 N–H and O–H groups in total. The Hall–Kier alpha value is -1.95. The van der Waals surface area contributed by atoms with Crippen molar-refractivity contribution >= 4 is 21.6 Å². The van der Waals surface area contributed by atoms with Gasteiger partial charge in [0, 0.05) is 22.1 Å². The zero-order valence-corrected chi connectivity index (χ0v) is 13.3. The number of aromatic nitrogens is 4. The van der Waals surface area contributed by atoms with Crippen molar-refractivity contribution in [3.8, 4) is 10.4 Å². The van der Waals surface area contributed by atoms with E-state index in [4.69, 9.17) is 4.98 Å². The van der Waals surface area contributed by atoms with Crippen LogP contribution in [0.4, 0.5) is 0 Å². The van der Waals surface area contributed by atoms with E-state index in [-0.39, 0.29) is 5.56 Å². The van der Waals surface area contributed by atoms with Gasteiger partial charge in [-0.1, -0.05) is 19.3 Å². The highest BCUT2D eigenvalue weighted by atomic mass is 32.1. The van der Waals surface area contributed by atoms with Gasteiger partial charge in [-0.3, -0.25) is 9.89 Å². The molecule has 0 radical (unpaired) electrons. The zero-order chi connectivity index (χ0) is 15.1. The number of H-pyrrole nitrogens is 2. The second kappa shape index (κ2) is 5.35. The maximum absolute atomic E-state index is 12.4. The van der Waals surface area contributed by atoms with Gasteiger partial charge in [0.25, 0.3) is 5.56 Å². The molecule has 0 atom stereocenters. The van der Waals surface area contributed by atoms with Gasteiger partial charge in [0.2, 0.25) is 0 Å². The van der Waals surface area contributed by atoms with Crippen molar-refractivity contribution in [2.24, 2.45) is 0 Å². The minimum absolute atomic E-state index is 0.0111. The van der Waals surface area contributed by atoms with Crippen LogP contribution in [0.15, 0.2) is 17.1 Å². The van der Waals surface area contributed by atoms with E-state index in [1.165, 1.54) is 30.6 Å². The Morgan fingerprint density at radius 1 is 1.27 bits per heavy atom. The summed E-state index contributed by atoms with van der Waals surface area (Å²) < 4.78 is 0.704. The Bertz CT molecular complexity index is 870. The van der Waals surface area contributed by atoms with Crippen LogP contribution >= 0.6 is 11.3 Å². The lowest BCUT2D eigenvalue weighted by Crippen LogP contribution is -2.15. The minimum Gasteiger partial charge on any atom is -0.309 e. The summed E-state index contributed by atoms with van der Waals surface area (Å²) >= 11 is 1.48. The Balaban J connectivity index is 1.81. The van der Waals surface area contributed by atoms with Gasteiger partial charge in [0.05, 0.1) is 11.7 Å². The van der Waals surface area contributed by atoms with Gasteiger partial charge in [0.15, 0.2) is 0 Å². The molecule has 3 aromatic rings. The van der Waals surface area contributed by atoms with Crippen LogP contribution < -0.4 is 5.56 Å². The highest BCUT2D eigenvalue weighted by Crippen LogP contribution is 2.34. The standard InChI is InChI=1S/C16H18N4OS/c1-9-11(8-17-20-9)13-7-12-14(22-13)16(21)19-15(18-12)10-5-3-2-4-6-10/h7-8,10H,2-6H2,1H3,(H,17,20)(H,18,19,21). The Morgan fingerprint density at radius 3 is 2.82 bits per heavy atom. The fourth-order valence-electron chi connectivity index (χ4n) is 3.26. The van der Waals surface area contributed by atoms with E-state index in [1.807, 2.05) is 13.0 Å². The second-order valence-electron chi connectivity index (χ2n) is 6.02. The van der Waals surface area contributed by atoms with Gasteiger partial charge in [0.1, 0.15) is 10.5 Å². The number of nitrogens with one attached hydrogen (secondary N) is 2. The van der Waals surface area contributed by atoms with Crippen molar-refractivity contribution in [1.29, 1.82) is 0 Å². The fraction of sp³-hybridized carbons (Fsp3) is 0.438. The first-order valence-corrected chi connectivity index (χ1v) is 8.58. The van der Waals surface area contributed by atoms with Gasteiger partial charge in [-0.15, -0.1) is 11.3 Å². The largest absolute Gasteiger partial charge is 0.309 e. The normalized spacial score (nSPS) is 16.4. The van der Waals surface area contributed by atoms with Crippen molar-refractivity contribution in [2.75, 3.05) is 0 Å². The molecule has 6 heteroatoms. The molecule has 3 aromatic heterocycles. The Morgan fingerprint density at radius 2 is 2.09 bits per heavy atom. The van der Waals surface area contributed by atoms with Crippen molar-refractivity contribution < 1.29 is 0 Å². The lowest BCUT2D eigenvalue weighted by Gasteiger charge is -2.20. The van der Waals surface area contributed by atoms with Crippen LogP contribution in [0.3, 0.4) is 0 Å². The number of hydrogen-bond donors (Lipinski definition) is 2. The van der Waals surface area contributed by atoms with Crippen molar-refractivity contribution in [2.45, 2.75) is 44.9 Å². The molecule has 0 aromatic carbocycles. The van der Waals surface area contributed by atoms with Gasteiger partial charge in [-0.25, -0.2) is 4.98 Å². The Labute approximate surface area is 131 Å². The van der Waals surface area contributed by atoms with Crippen LogP contribution in [-0.2, 0) is 0 Å². The molecule has 0 bridgehead atoms. The molecule has 1 aliphatic carbocycles. The number of aryl methyl sites for hydroxylation is 1. The molecule has 1 fully saturated rings. The SMILES string of the molecule is Cc1[nH]ncc1-c1cc2nc(C3CCCCC3)[nH]c(=O)c2s1. The molecule has 5 nitrogen and oxygen atoms in total. The molecule has 4 rings (SSSR count). The molecular formula is C16H18N4OS. The molecule has 0 unspecified atom stereocenters. The maximum Gasteiger partial charge on any atom is 0.268 e. The average Bonchev–Trinajstić information content (AvgIpc) is 3.14. The van der Waals surface area contributed by atoms with E-state index in [2.05, 4.69) is 15.2 Å². The quantitative estimate of drug-likeness (QED) is 0.757. The fourth-order valence-corrected chi connectivity index (χ4v) is 4.32. The summed E-state index contributed by atoms with van der Waals surface area (Å²) in [5, 5.41) is 7.00. The molecule has 0 saturated heterocycles. The summed E-state index contributed by atoms with van der Waals surface area (Å²) in [5.41, 5.74) is 2.85. The third kappa shape index (κ3) is 2.27. The number of nitrogens with zero attached hydrogens (tertiary/aromatic N) is 2. The monoisotopic (exact) mass is 314 g/mol. The summed E-state index contributed by atoms with van der Waals surface area (Å²) in [7, 11) is 0. The van der Waals surface area contributed by atoms with Crippen LogP contribution in [0.1, 0.15) is 49.5 Å². The smallest absolute Gasteiger partial charge is 0.268 e. The summed E-state index contributed by atoms with van der Waals surface area (Å²) in [6.45, 7) is 1.98. The summed E-state index contributed by atoms with van der Waals surface area (Å²) in [5.74, 6) is 1.27. The zero-order valence-electron chi connectivity index (χ0n) is 12.5. The number of rotatable bonds is 2. The van der Waals surface area contributed by atoms with Gasteiger partial charge in [-0.2, -0.15) is 5.10 Å². The van der Waals surface area contributed by atoms with Crippen LogP contribution in [0, 0.1) is 6.92 Å².